The van der Waals surface area contributed by atoms with Gasteiger partial charge in [0.25, 0.3) is 11.8 Å². The van der Waals surface area contributed by atoms with Crippen LogP contribution in [0.4, 0.5) is 5.00 Å². The molecule has 0 aliphatic carbocycles. The molecule has 2 amide bonds. The first kappa shape index (κ1) is 15.3. The molecule has 2 aromatic heterocycles. The highest BCUT2D eigenvalue weighted by molar-refractivity contribution is 7.18. The van der Waals surface area contributed by atoms with Crippen LogP contribution in [0.3, 0.4) is 0 Å². The summed E-state index contributed by atoms with van der Waals surface area (Å²) in [6.07, 6.45) is 1.94. The fraction of sp³-hybridized carbons (Fsp3) is 0.286. The van der Waals surface area contributed by atoms with Gasteiger partial charge in [-0.1, -0.05) is 0 Å². The number of rotatable bonds is 6. The summed E-state index contributed by atoms with van der Waals surface area (Å²) in [5.74, 6) is -0.340. The molecule has 2 rings (SSSR count). The predicted octanol–water partition coefficient (Wildman–Crippen LogP) is 2.01. The van der Waals surface area contributed by atoms with E-state index in [-0.39, 0.29) is 24.2 Å². The van der Waals surface area contributed by atoms with E-state index < -0.39 is 0 Å². The van der Waals surface area contributed by atoms with Gasteiger partial charge in [-0.25, -0.2) is 0 Å². The predicted molar refractivity (Wildman–Crippen MR) is 79.8 cm³/mol. The summed E-state index contributed by atoms with van der Waals surface area (Å²) in [6.45, 7) is 2.26. The van der Waals surface area contributed by atoms with Crippen molar-refractivity contribution in [3.05, 3.63) is 40.7 Å². The summed E-state index contributed by atoms with van der Waals surface area (Å²) < 4.78 is 5.01. The van der Waals surface area contributed by atoms with Crippen LogP contribution >= 0.6 is 11.3 Å². The third-order valence-electron chi connectivity index (χ3n) is 2.73. The number of nitrogens with one attached hydrogen (secondary N) is 2. The lowest BCUT2D eigenvalue weighted by Crippen LogP contribution is -2.24. The van der Waals surface area contributed by atoms with Gasteiger partial charge in [0.05, 0.1) is 16.1 Å². The van der Waals surface area contributed by atoms with Crippen LogP contribution in [0.1, 0.15) is 32.2 Å². The maximum atomic E-state index is 12.0. The first-order valence-corrected chi connectivity index (χ1v) is 7.28. The molecule has 0 saturated carbocycles. The topological polar surface area (TPSA) is 91.6 Å². The third kappa shape index (κ3) is 3.93. The summed E-state index contributed by atoms with van der Waals surface area (Å²) in [5, 5.41) is 14.7. The Morgan fingerprint density at radius 3 is 2.86 bits per heavy atom. The SMILES string of the molecule is Cc1cc(NC(=O)c2ccco2)sc1C(=O)NCCCO. The highest BCUT2D eigenvalue weighted by atomic mass is 32.1. The van der Waals surface area contributed by atoms with E-state index in [0.29, 0.717) is 22.8 Å². The monoisotopic (exact) mass is 308 g/mol. The van der Waals surface area contributed by atoms with Crippen LogP contribution in [0.2, 0.25) is 0 Å². The number of furan rings is 1. The Kier molecular flexibility index (Phi) is 5.13. The first-order chi connectivity index (χ1) is 10.1. The summed E-state index contributed by atoms with van der Waals surface area (Å²) >= 11 is 1.20. The smallest absolute Gasteiger partial charge is 0.291 e. The van der Waals surface area contributed by atoms with Crippen molar-refractivity contribution in [2.75, 3.05) is 18.5 Å². The fourth-order valence-corrected chi connectivity index (χ4v) is 2.70. The Balaban J connectivity index is 2.01. The zero-order chi connectivity index (χ0) is 15.2. The minimum atomic E-state index is -0.353. The lowest BCUT2D eigenvalue weighted by molar-refractivity contribution is 0.0953. The van der Waals surface area contributed by atoms with Crippen LogP contribution in [-0.2, 0) is 0 Å². The number of carbonyl (C=O) groups excluding carboxylic acids is 2. The fourth-order valence-electron chi connectivity index (χ4n) is 1.71. The molecule has 7 heteroatoms. The molecular weight excluding hydrogens is 292 g/mol. The minimum Gasteiger partial charge on any atom is -0.459 e. The number of thiophene rings is 1. The van der Waals surface area contributed by atoms with Gasteiger partial charge < -0.3 is 20.2 Å². The van der Waals surface area contributed by atoms with E-state index in [2.05, 4.69) is 10.6 Å². The van der Waals surface area contributed by atoms with E-state index in [1.165, 1.54) is 17.6 Å². The highest BCUT2D eigenvalue weighted by Gasteiger charge is 2.16. The molecule has 0 aliphatic rings. The molecule has 0 radical (unpaired) electrons. The number of aryl methyl sites for hydroxylation is 1. The van der Waals surface area contributed by atoms with Crippen molar-refractivity contribution in [1.29, 1.82) is 0 Å². The zero-order valence-electron chi connectivity index (χ0n) is 11.5. The zero-order valence-corrected chi connectivity index (χ0v) is 12.3. The van der Waals surface area contributed by atoms with E-state index in [1.54, 1.807) is 25.1 Å². The molecule has 0 aliphatic heterocycles. The summed E-state index contributed by atoms with van der Waals surface area (Å²) in [4.78, 5) is 24.3. The Morgan fingerprint density at radius 1 is 1.38 bits per heavy atom. The van der Waals surface area contributed by atoms with Crippen LogP contribution in [0.15, 0.2) is 28.9 Å². The second-order valence-electron chi connectivity index (χ2n) is 4.39. The molecule has 0 bridgehead atoms. The molecule has 0 saturated heterocycles. The van der Waals surface area contributed by atoms with E-state index in [0.717, 1.165) is 5.56 Å². The average molecular weight is 308 g/mol. The minimum absolute atomic E-state index is 0.0359. The molecule has 0 unspecified atom stereocenters. The third-order valence-corrected chi connectivity index (χ3v) is 3.88. The molecule has 0 fully saturated rings. The van der Waals surface area contributed by atoms with Crippen molar-refractivity contribution in [2.45, 2.75) is 13.3 Å². The van der Waals surface area contributed by atoms with Gasteiger partial charge in [0.1, 0.15) is 0 Å². The van der Waals surface area contributed by atoms with Gasteiger partial charge in [0.2, 0.25) is 0 Å². The van der Waals surface area contributed by atoms with E-state index >= 15 is 0 Å². The van der Waals surface area contributed by atoms with Crippen LogP contribution in [0.25, 0.3) is 0 Å². The Hall–Kier alpha value is -2.12. The lowest BCUT2D eigenvalue weighted by Gasteiger charge is -2.02. The van der Waals surface area contributed by atoms with E-state index in [4.69, 9.17) is 9.52 Å². The number of hydrogen-bond donors (Lipinski definition) is 3. The Labute approximate surface area is 125 Å². The quantitative estimate of drug-likeness (QED) is 0.712. The number of aliphatic hydroxyl groups is 1. The van der Waals surface area contributed by atoms with E-state index in [9.17, 15) is 9.59 Å². The summed E-state index contributed by atoms with van der Waals surface area (Å²) in [7, 11) is 0. The van der Waals surface area contributed by atoms with Gasteiger partial charge in [-0.2, -0.15) is 0 Å². The maximum absolute atomic E-state index is 12.0. The van der Waals surface area contributed by atoms with Gasteiger partial charge in [-0.05, 0) is 37.1 Å². The average Bonchev–Trinajstić information content (AvgIpc) is 3.08. The van der Waals surface area contributed by atoms with Gasteiger partial charge >= 0.3 is 0 Å². The number of hydrogen-bond acceptors (Lipinski definition) is 5. The van der Waals surface area contributed by atoms with Crippen molar-refractivity contribution in [2.24, 2.45) is 0 Å². The molecule has 21 heavy (non-hydrogen) atoms. The van der Waals surface area contributed by atoms with Gasteiger partial charge in [0, 0.05) is 13.2 Å². The van der Waals surface area contributed by atoms with E-state index in [1.807, 2.05) is 0 Å². The van der Waals surface area contributed by atoms with Crippen LogP contribution < -0.4 is 10.6 Å². The Morgan fingerprint density at radius 2 is 2.19 bits per heavy atom. The molecule has 0 aromatic carbocycles. The van der Waals surface area contributed by atoms with Gasteiger partial charge in [-0.3, -0.25) is 9.59 Å². The summed E-state index contributed by atoms with van der Waals surface area (Å²) in [6, 6.07) is 4.94. The molecule has 0 spiro atoms. The van der Waals surface area contributed by atoms with Crippen LogP contribution in [-0.4, -0.2) is 30.1 Å². The summed E-state index contributed by atoms with van der Waals surface area (Å²) in [5.41, 5.74) is 0.788. The van der Waals surface area contributed by atoms with Gasteiger partial charge in [0.15, 0.2) is 5.76 Å². The largest absolute Gasteiger partial charge is 0.459 e. The molecule has 3 N–H and O–H groups in total. The molecule has 6 nitrogen and oxygen atoms in total. The molecule has 2 aromatic rings. The number of carbonyl (C=O) groups is 2. The molecule has 2 heterocycles. The highest BCUT2D eigenvalue weighted by Crippen LogP contribution is 2.27. The van der Waals surface area contributed by atoms with Crippen molar-refractivity contribution in [3.63, 3.8) is 0 Å². The number of amides is 2. The Bertz CT molecular complexity index is 619. The van der Waals surface area contributed by atoms with Gasteiger partial charge in [-0.15, -0.1) is 11.3 Å². The molecule has 112 valence electrons. The lowest BCUT2D eigenvalue weighted by atomic mass is 10.2. The maximum Gasteiger partial charge on any atom is 0.291 e. The number of aliphatic hydroxyl groups excluding tert-OH is 1. The second-order valence-corrected chi connectivity index (χ2v) is 5.44. The van der Waals surface area contributed by atoms with Crippen molar-refractivity contribution >= 4 is 28.2 Å². The van der Waals surface area contributed by atoms with Crippen LogP contribution in [0.5, 0.6) is 0 Å². The van der Waals surface area contributed by atoms with Crippen LogP contribution in [0, 0.1) is 6.92 Å². The van der Waals surface area contributed by atoms with Crippen molar-refractivity contribution in [1.82, 2.24) is 5.32 Å². The standard InChI is InChI=1S/C14H16N2O4S/c1-9-8-11(16-13(18)10-4-2-7-20-10)21-12(9)14(19)15-5-3-6-17/h2,4,7-8,17H,3,5-6H2,1H3,(H,15,19)(H,16,18). The molecular formula is C14H16N2O4S. The van der Waals surface area contributed by atoms with Crippen molar-refractivity contribution in [3.8, 4) is 0 Å². The second kappa shape index (κ2) is 7.05. The normalized spacial score (nSPS) is 10.4. The van der Waals surface area contributed by atoms with Crippen molar-refractivity contribution < 1.29 is 19.1 Å². The molecule has 0 atom stereocenters. The first-order valence-electron chi connectivity index (χ1n) is 6.46. The number of anilines is 1.